The smallest absolute Gasteiger partial charge is 0.427 e. The standard InChI is InChI=1S/C24H36N6O5S/c1-17-6-7-20(19(12-17)15-36(25,32)33)28-21-13-22(27-16-26-21)29(5)14-18-8-10-30(11-9-18)35-23(31)34-24(2,3)4/h6-7,12-13,16,18H,8-11,14-15H2,1-5H3,(H2,25,32,33)(H,26,27,28). The molecule has 0 atom stereocenters. The number of hydroxylamine groups is 2. The molecule has 0 bridgehead atoms. The van der Waals surface area contributed by atoms with E-state index in [1.54, 1.807) is 31.9 Å². The van der Waals surface area contributed by atoms with Crippen molar-refractivity contribution in [2.75, 3.05) is 36.9 Å². The van der Waals surface area contributed by atoms with E-state index >= 15 is 0 Å². The van der Waals surface area contributed by atoms with Gasteiger partial charge in [0.15, 0.2) is 0 Å². The molecule has 1 aromatic carbocycles. The molecule has 0 unspecified atom stereocenters. The number of benzene rings is 1. The molecule has 2 heterocycles. The van der Waals surface area contributed by atoms with Gasteiger partial charge in [-0.05, 0) is 58.1 Å². The molecule has 1 fully saturated rings. The Balaban J connectivity index is 1.57. The van der Waals surface area contributed by atoms with E-state index in [1.165, 1.54) is 6.33 Å². The number of carbonyl (C=O) groups is 1. The number of ether oxygens (including phenoxy) is 1. The Morgan fingerprint density at radius 1 is 1.22 bits per heavy atom. The molecule has 36 heavy (non-hydrogen) atoms. The predicted octanol–water partition coefficient (Wildman–Crippen LogP) is 3.33. The lowest BCUT2D eigenvalue weighted by Crippen LogP contribution is -2.40. The topological polar surface area (TPSA) is 140 Å². The fraction of sp³-hybridized carbons (Fsp3) is 0.542. The monoisotopic (exact) mass is 520 g/mol. The van der Waals surface area contributed by atoms with Crippen LogP contribution < -0.4 is 15.4 Å². The molecule has 12 heteroatoms. The van der Waals surface area contributed by atoms with Crippen molar-refractivity contribution in [3.8, 4) is 0 Å². The van der Waals surface area contributed by atoms with Crippen molar-refractivity contribution >= 4 is 33.5 Å². The summed E-state index contributed by atoms with van der Waals surface area (Å²) in [5.74, 6) is 1.41. The minimum absolute atomic E-state index is 0.273. The molecule has 0 amide bonds. The lowest BCUT2D eigenvalue weighted by atomic mass is 9.97. The number of carbonyl (C=O) groups excluding carboxylic acids is 1. The molecule has 1 saturated heterocycles. The molecule has 2 aromatic rings. The maximum atomic E-state index is 11.9. The highest BCUT2D eigenvalue weighted by atomic mass is 32.2. The second-order valence-electron chi connectivity index (χ2n) is 10.2. The lowest BCUT2D eigenvalue weighted by molar-refractivity contribution is -0.154. The number of rotatable bonds is 8. The number of hydrogen-bond acceptors (Lipinski definition) is 10. The van der Waals surface area contributed by atoms with Crippen molar-refractivity contribution in [1.82, 2.24) is 15.0 Å². The summed E-state index contributed by atoms with van der Waals surface area (Å²) >= 11 is 0. The maximum Gasteiger partial charge on any atom is 0.528 e. The molecule has 0 radical (unpaired) electrons. The van der Waals surface area contributed by atoms with E-state index in [0.29, 0.717) is 36.1 Å². The Labute approximate surface area is 213 Å². The number of nitrogens with one attached hydrogen (secondary N) is 1. The Morgan fingerprint density at radius 2 is 1.92 bits per heavy atom. The summed E-state index contributed by atoms with van der Waals surface area (Å²) in [5.41, 5.74) is 1.54. The highest BCUT2D eigenvalue weighted by Crippen LogP contribution is 2.25. The van der Waals surface area contributed by atoms with Crippen molar-refractivity contribution in [2.45, 2.75) is 51.9 Å². The molecule has 1 aliphatic rings. The van der Waals surface area contributed by atoms with Gasteiger partial charge in [-0.2, -0.15) is 0 Å². The van der Waals surface area contributed by atoms with E-state index in [4.69, 9.17) is 14.7 Å². The molecule has 0 spiro atoms. The molecular formula is C24H36N6O5S. The zero-order chi connectivity index (χ0) is 26.5. The largest absolute Gasteiger partial charge is 0.528 e. The summed E-state index contributed by atoms with van der Waals surface area (Å²) in [6.07, 6.45) is 2.52. The van der Waals surface area contributed by atoms with Crippen LogP contribution in [0.3, 0.4) is 0 Å². The predicted molar refractivity (Wildman–Crippen MR) is 138 cm³/mol. The fourth-order valence-corrected chi connectivity index (χ4v) is 4.65. The number of hydrogen-bond donors (Lipinski definition) is 2. The van der Waals surface area contributed by atoms with Gasteiger partial charge in [0, 0.05) is 38.4 Å². The third kappa shape index (κ3) is 8.92. The number of anilines is 3. The van der Waals surface area contributed by atoms with Gasteiger partial charge < -0.3 is 19.8 Å². The Kier molecular flexibility index (Phi) is 8.75. The third-order valence-electron chi connectivity index (χ3n) is 5.62. The third-order valence-corrected chi connectivity index (χ3v) is 6.34. The molecule has 1 aliphatic heterocycles. The molecule has 11 nitrogen and oxygen atoms in total. The Bertz CT molecular complexity index is 1160. The highest BCUT2D eigenvalue weighted by molar-refractivity contribution is 7.88. The van der Waals surface area contributed by atoms with Crippen LogP contribution in [0, 0.1) is 12.8 Å². The van der Waals surface area contributed by atoms with Crippen molar-refractivity contribution in [1.29, 1.82) is 0 Å². The second kappa shape index (κ2) is 11.4. The van der Waals surface area contributed by atoms with Crippen LogP contribution in [0.25, 0.3) is 0 Å². The molecular weight excluding hydrogens is 484 g/mol. The minimum atomic E-state index is -3.68. The second-order valence-corrected chi connectivity index (χ2v) is 11.8. The van der Waals surface area contributed by atoms with Crippen molar-refractivity contribution in [3.05, 3.63) is 41.7 Å². The van der Waals surface area contributed by atoms with Gasteiger partial charge >= 0.3 is 6.16 Å². The van der Waals surface area contributed by atoms with Crippen LogP contribution in [-0.2, 0) is 25.4 Å². The summed E-state index contributed by atoms with van der Waals surface area (Å²) in [4.78, 5) is 27.9. The minimum Gasteiger partial charge on any atom is -0.427 e. The number of nitrogens with zero attached hydrogens (tertiary/aromatic N) is 4. The van der Waals surface area contributed by atoms with Crippen LogP contribution >= 0.6 is 0 Å². The van der Waals surface area contributed by atoms with Crippen LogP contribution in [0.4, 0.5) is 22.1 Å². The molecule has 3 rings (SSSR count). The first kappa shape index (κ1) is 27.6. The molecule has 3 N–H and O–H groups in total. The normalized spacial score (nSPS) is 15.4. The number of aromatic nitrogens is 2. The van der Waals surface area contributed by atoms with E-state index in [-0.39, 0.29) is 5.75 Å². The summed E-state index contributed by atoms with van der Waals surface area (Å²) in [7, 11) is -1.72. The quantitative estimate of drug-likeness (QED) is 0.498. The van der Waals surface area contributed by atoms with Crippen LogP contribution in [0.2, 0.25) is 0 Å². The summed E-state index contributed by atoms with van der Waals surface area (Å²) in [6.45, 7) is 9.33. The first-order valence-corrected chi connectivity index (χ1v) is 13.5. The van der Waals surface area contributed by atoms with Crippen LogP contribution in [0.15, 0.2) is 30.6 Å². The van der Waals surface area contributed by atoms with E-state index in [9.17, 15) is 13.2 Å². The number of sulfonamides is 1. The molecule has 198 valence electrons. The number of primary sulfonamides is 1. The SMILES string of the molecule is Cc1ccc(Nc2cc(N(C)CC3CCN(OC(=O)OC(C)(C)C)CC3)ncn2)c(CS(N)(=O)=O)c1. The molecule has 0 aliphatic carbocycles. The Morgan fingerprint density at radius 3 is 2.56 bits per heavy atom. The zero-order valence-corrected chi connectivity index (χ0v) is 22.3. The zero-order valence-electron chi connectivity index (χ0n) is 21.5. The average molecular weight is 521 g/mol. The van der Waals surface area contributed by atoms with Crippen LogP contribution in [0.1, 0.15) is 44.7 Å². The van der Waals surface area contributed by atoms with Crippen molar-refractivity contribution in [3.63, 3.8) is 0 Å². The first-order valence-electron chi connectivity index (χ1n) is 11.8. The first-order chi connectivity index (χ1) is 16.8. The molecule has 0 saturated carbocycles. The van der Waals surface area contributed by atoms with E-state index in [2.05, 4.69) is 20.2 Å². The molecule has 1 aromatic heterocycles. The fourth-order valence-electron chi connectivity index (χ4n) is 3.98. The van der Waals surface area contributed by atoms with Gasteiger partial charge in [-0.25, -0.2) is 28.3 Å². The van der Waals surface area contributed by atoms with E-state index in [1.807, 2.05) is 32.2 Å². The average Bonchev–Trinajstić information content (AvgIpc) is 2.75. The van der Waals surface area contributed by atoms with E-state index < -0.39 is 21.8 Å². The summed E-state index contributed by atoms with van der Waals surface area (Å²) < 4.78 is 28.5. The van der Waals surface area contributed by atoms with Crippen molar-refractivity contribution in [2.24, 2.45) is 11.1 Å². The van der Waals surface area contributed by atoms with Gasteiger partial charge in [0.25, 0.3) is 0 Å². The van der Waals surface area contributed by atoms with Gasteiger partial charge in [0.05, 0.1) is 5.75 Å². The Hall–Kier alpha value is -2.96. The van der Waals surface area contributed by atoms with Crippen LogP contribution in [0.5, 0.6) is 0 Å². The summed E-state index contributed by atoms with van der Waals surface area (Å²) in [6, 6.07) is 7.32. The number of aryl methyl sites for hydroxylation is 1. The van der Waals surface area contributed by atoms with Gasteiger partial charge in [-0.3, -0.25) is 0 Å². The highest BCUT2D eigenvalue weighted by Gasteiger charge is 2.26. The summed E-state index contributed by atoms with van der Waals surface area (Å²) in [5, 5.41) is 10.1. The van der Waals surface area contributed by atoms with Gasteiger partial charge in [0.1, 0.15) is 23.6 Å². The lowest BCUT2D eigenvalue weighted by Gasteiger charge is -2.33. The van der Waals surface area contributed by atoms with Gasteiger partial charge in [0.2, 0.25) is 10.0 Å². The van der Waals surface area contributed by atoms with Gasteiger partial charge in [-0.1, -0.05) is 17.7 Å². The van der Waals surface area contributed by atoms with Crippen LogP contribution in [-0.4, -0.2) is 61.9 Å². The van der Waals surface area contributed by atoms with E-state index in [0.717, 1.165) is 30.8 Å². The number of nitrogens with two attached hydrogens (primary N) is 1. The maximum absolute atomic E-state index is 11.9. The van der Waals surface area contributed by atoms with Gasteiger partial charge in [-0.15, -0.1) is 5.06 Å². The number of piperidine rings is 1. The van der Waals surface area contributed by atoms with Crippen molar-refractivity contribution < 1.29 is 22.8 Å².